The van der Waals surface area contributed by atoms with Crippen molar-refractivity contribution in [3.05, 3.63) is 88.6 Å². The quantitative estimate of drug-likeness (QED) is 0.279. The predicted molar refractivity (Wildman–Crippen MR) is 136 cm³/mol. The van der Waals surface area contributed by atoms with Crippen molar-refractivity contribution >= 4 is 10.8 Å². The molecule has 1 aliphatic rings. The van der Waals surface area contributed by atoms with E-state index in [2.05, 4.69) is 83.1 Å². The second kappa shape index (κ2) is 6.78. The van der Waals surface area contributed by atoms with Crippen molar-refractivity contribution in [1.82, 2.24) is 0 Å². The van der Waals surface area contributed by atoms with Crippen LogP contribution in [0.25, 0.3) is 33.2 Å². The highest BCUT2D eigenvalue weighted by Crippen LogP contribution is 2.56. The van der Waals surface area contributed by atoms with Crippen molar-refractivity contribution in [2.45, 2.75) is 59.2 Å². The number of rotatable bonds is 1. The van der Waals surface area contributed by atoms with Gasteiger partial charge in [-0.1, -0.05) is 70.2 Å². The average Bonchev–Trinajstić information content (AvgIpc) is 2.78. The molecule has 0 spiro atoms. The van der Waals surface area contributed by atoms with Gasteiger partial charge in [-0.05, 0) is 81.7 Å². The first-order valence-electron chi connectivity index (χ1n) is 12.9. The third-order valence-corrected chi connectivity index (χ3v) is 8.23. The van der Waals surface area contributed by atoms with Gasteiger partial charge in [0.05, 0.1) is 0 Å². The molecule has 1 aromatic heterocycles. The van der Waals surface area contributed by atoms with Crippen LogP contribution in [0.2, 0.25) is 0 Å². The summed E-state index contributed by atoms with van der Waals surface area (Å²) in [6.07, 6.45) is 1.77. The number of pyridine rings is 1. The van der Waals surface area contributed by atoms with E-state index in [1.54, 1.807) is 6.20 Å². The van der Waals surface area contributed by atoms with Gasteiger partial charge in [-0.25, -0.2) is 4.57 Å². The van der Waals surface area contributed by atoms with Crippen LogP contribution >= 0.6 is 0 Å². The summed E-state index contributed by atoms with van der Waals surface area (Å²) >= 11 is 0. The summed E-state index contributed by atoms with van der Waals surface area (Å²) in [7, 11) is 1.94. The summed E-state index contributed by atoms with van der Waals surface area (Å²) in [6.45, 7) is 11.4. The Morgan fingerprint density at radius 1 is 0.750 bits per heavy atom. The van der Waals surface area contributed by atoms with E-state index in [1.807, 2.05) is 24.6 Å². The third kappa shape index (κ3) is 2.73. The van der Waals surface area contributed by atoms with Crippen molar-refractivity contribution in [3.63, 3.8) is 0 Å². The monoisotopic (exact) mass is 423 g/mol. The van der Waals surface area contributed by atoms with E-state index < -0.39 is 6.85 Å². The van der Waals surface area contributed by atoms with Crippen LogP contribution in [0.4, 0.5) is 0 Å². The topological polar surface area (TPSA) is 3.88 Å². The maximum absolute atomic E-state index is 7.91. The van der Waals surface area contributed by atoms with Crippen molar-refractivity contribution in [1.29, 1.82) is 0 Å². The number of aromatic nitrogens is 1. The van der Waals surface area contributed by atoms with Crippen molar-refractivity contribution in [2.75, 3.05) is 0 Å². The molecular formula is C31H34N+. The summed E-state index contributed by atoms with van der Waals surface area (Å²) in [5.74, 6) is 0. The second-order valence-electron chi connectivity index (χ2n) is 10.5. The van der Waals surface area contributed by atoms with Gasteiger partial charge >= 0.3 is 0 Å². The van der Waals surface area contributed by atoms with Gasteiger partial charge in [0.25, 0.3) is 0 Å². The van der Waals surface area contributed by atoms with Gasteiger partial charge in [-0.15, -0.1) is 0 Å². The minimum Gasteiger partial charge on any atom is -0.201 e. The van der Waals surface area contributed by atoms with E-state index in [0.717, 1.165) is 16.8 Å². The molecule has 1 aliphatic carbocycles. The lowest BCUT2D eigenvalue weighted by Crippen LogP contribution is -2.43. The van der Waals surface area contributed by atoms with Crippen LogP contribution in [0.15, 0.2) is 60.8 Å². The van der Waals surface area contributed by atoms with Gasteiger partial charge in [0.2, 0.25) is 5.69 Å². The Balaban J connectivity index is 1.86. The number of aryl methyl sites for hydroxylation is 4. The number of nitrogens with zero attached hydrogens (tertiary/aromatic N) is 1. The standard InChI is InChI=1S/C31H34N/c1-19-16-28(32(8)18-21(19)3)24-17-25-27(15-20(24)2)31(6,7)30(4,5)26-14-13-22-11-9-10-12-23(22)29(25)26/h9-18H,1-8H3/q+1/i3D3. The molecular weight excluding hydrogens is 386 g/mol. The lowest BCUT2D eigenvalue weighted by atomic mass is 9.54. The molecule has 0 unspecified atom stereocenters. The highest BCUT2D eigenvalue weighted by atomic mass is 14.9. The molecule has 0 atom stereocenters. The van der Waals surface area contributed by atoms with Crippen molar-refractivity contribution in [3.8, 4) is 22.4 Å². The summed E-state index contributed by atoms with van der Waals surface area (Å²) in [6, 6.07) is 20.0. The lowest BCUT2D eigenvalue weighted by Gasteiger charge is -2.49. The molecule has 0 radical (unpaired) electrons. The average molecular weight is 424 g/mol. The maximum atomic E-state index is 7.91. The molecule has 3 aromatic carbocycles. The highest BCUT2D eigenvalue weighted by molar-refractivity contribution is 6.01. The zero-order valence-electron chi connectivity index (χ0n) is 23.2. The van der Waals surface area contributed by atoms with Crippen LogP contribution in [0.1, 0.15) is 59.6 Å². The van der Waals surface area contributed by atoms with E-state index in [9.17, 15) is 0 Å². The van der Waals surface area contributed by atoms with Crippen molar-refractivity contribution < 1.29 is 8.68 Å². The molecule has 0 saturated carbocycles. The van der Waals surface area contributed by atoms with Crippen LogP contribution in [0.3, 0.4) is 0 Å². The van der Waals surface area contributed by atoms with E-state index in [1.165, 1.54) is 38.6 Å². The Morgan fingerprint density at radius 2 is 1.47 bits per heavy atom. The number of hydrogen-bond acceptors (Lipinski definition) is 0. The number of hydrogen-bond donors (Lipinski definition) is 0. The third-order valence-electron chi connectivity index (χ3n) is 8.23. The molecule has 5 rings (SSSR count). The van der Waals surface area contributed by atoms with E-state index in [0.29, 0.717) is 5.56 Å². The minimum atomic E-state index is -2.13. The molecule has 0 N–H and O–H groups in total. The van der Waals surface area contributed by atoms with E-state index >= 15 is 0 Å². The first kappa shape index (κ1) is 17.6. The fraction of sp³-hybridized carbons (Fsp3) is 0.323. The van der Waals surface area contributed by atoms with Gasteiger partial charge < -0.3 is 0 Å². The van der Waals surface area contributed by atoms with Crippen LogP contribution in [0.5, 0.6) is 0 Å². The lowest BCUT2D eigenvalue weighted by molar-refractivity contribution is -0.660. The Bertz CT molecular complexity index is 1510. The zero-order chi connectivity index (χ0) is 25.5. The van der Waals surface area contributed by atoms with E-state index in [4.69, 9.17) is 4.11 Å². The van der Waals surface area contributed by atoms with Crippen LogP contribution < -0.4 is 4.57 Å². The molecule has 1 heteroatoms. The number of fused-ring (bicyclic) bond motifs is 5. The molecule has 0 bridgehead atoms. The van der Waals surface area contributed by atoms with Crippen LogP contribution in [0, 0.1) is 20.7 Å². The summed E-state index contributed by atoms with van der Waals surface area (Å²) in [5.41, 5.74) is 9.80. The van der Waals surface area contributed by atoms with Crippen LogP contribution in [-0.2, 0) is 17.9 Å². The molecule has 32 heavy (non-hydrogen) atoms. The van der Waals surface area contributed by atoms with Gasteiger partial charge in [0, 0.05) is 21.3 Å². The zero-order valence-corrected chi connectivity index (χ0v) is 20.2. The van der Waals surface area contributed by atoms with Gasteiger partial charge in [0.1, 0.15) is 7.05 Å². The first-order chi connectivity index (χ1) is 16.2. The largest absolute Gasteiger partial charge is 0.212 e. The Kier molecular flexibility index (Phi) is 3.73. The maximum Gasteiger partial charge on any atom is 0.212 e. The van der Waals surface area contributed by atoms with Gasteiger partial charge in [-0.2, -0.15) is 0 Å². The predicted octanol–water partition coefficient (Wildman–Crippen LogP) is 7.49. The Morgan fingerprint density at radius 3 is 2.22 bits per heavy atom. The Labute approximate surface area is 197 Å². The van der Waals surface area contributed by atoms with Crippen molar-refractivity contribution in [2.24, 2.45) is 7.05 Å². The molecule has 0 amide bonds. The fourth-order valence-electron chi connectivity index (χ4n) is 5.48. The SMILES string of the molecule is [2H]C([2H])([2H])c1c[n+](C)c(-c2cc3c(cc2C)C(C)(C)C(C)(C)c2ccc4ccccc4c2-3)cc1C. The first-order valence-corrected chi connectivity index (χ1v) is 11.4. The summed E-state index contributed by atoms with van der Waals surface area (Å²) < 4.78 is 25.7. The smallest absolute Gasteiger partial charge is 0.201 e. The molecule has 1 heterocycles. The summed E-state index contributed by atoms with van der Waals surface area (Å²) in [4.78, 5) is 0. The van der Waals surface area contributed by atoms with Crippen LogP contribution in [-0.4, -0.2) is 0 Å². The molecule has 0 saturated heterocycles. The normalized spacial score (nSPS) is 17.8. The molecule has 0 aliphatic heterocycles. The highest BCUT2D eigenvalue weighted by Gasteiger charge is 2.46. The molecule has 0 fully saturated rings. The van der Waals surface area contributed by atoms with E-state index in [-0.39, 0.29) is 10.8 Å². The minimum absolute atomic E-state index is 0.0457. The molecule has 162 valence electrons. The summed E-state index contributed by atoms with van der Waals surface area (Å²) in [5, 5.41) is 2.53. The molecule has 4 aromatic rings. The second-order valence-corrected chi connectivity index (χ2v) is 10.5. The van der Waals surface area contributed by atoms with Gasteiger partial charge in [0.15, 0.2) is 6.20 Å². The molecule has 1 nitrogen and oxygen atoms in total. The Hall–Kier alpha value is -2.93. The number of benzene rings is 3. The van der Waals surface area contributed by atoms with Gasteiger partial charge in [-0.3, -0.25) is 0 Å². The fourth-order valence-corrected chi connectivity index (χ4v) is 5.48.